The van der Waals surface area contributed by atoms with Crippen LogP contribution in [0.5, 0.6) is 5.75 Å². The van der Waals surface area contributed by atoms with Gasteiger partial charge in [-0.2, -0.15) is 0 Å². The SMILES string of the molecule is CC1=CS(=O)(=O)Cc2c(OC(C)C)cccc21. The van der Waals surface area contributed by atoms with E-state index in [4.69, 9.17) is 4.74 Å². The van der Waals surface area contributed by atoms with Gasteiger partial charge in [-0.05, 0) is 38.0 Å². The first-order valence-corrected chi connectivity index (χ1v) is 7.30. The summed E-state index contributed by atoms with van der Waals surface area (Å²) >= 11 is 0. The second kappa shape index (κ2) is 4.18. The summed E-state index contributed by atoms with van der Waals surface area (Å²) in [7, 11) is -3.15. The normalized spacial score (nSPS) is 17.5. The van der Waals surface area contributed by atoms with Crippen molar-refractivity contribution in [3.63, 3.8) is 0 Å². The van der Waals surface area contributed by atoms with E-state index in [-0.39, 0.29) is 11.9 Å². The lowest BCUT2D eigenvalue weighted by Gasteiger charge is -2.20. The zero-order chi connectivity index (χ0) is 12.6. The highest BCUT2D eigenvalue weighted by molar-refractivity contribution is 7.93. The van der Waals surface area contributed by atoms with E-state index in [0.29, 0.717) is 5.75 Å². The molecule has 0 bridgehead atoms. The highest BCUT2D eigenvalue weighted by Gasteiger charge is 2.23. The Kier molecular flexibility index (Phi) is 3.00. The van der Waals surface area contributed by atoms with E-state index in [1.807, 2.05) is 39.0 Å². The lowest BCUT2D eigenvalue weighted by Crippen LogP contribution is -2.13. The van der Waals surface area contributed by atoms with Crippen molar-refractivity contribution in [1.29, 1.82) is 0 Å². The van der Waals surface area contributed by atoms with Gasteiger partial charge in [-0.1, -0.05) is 12.1 Å². The minimum Gasteiger partial charge on any atom is -0.491 e. The van der Waals surface area contributed by atoms with Gasteiger partial charge in [-0.25, -0.2) is 8.42 Å². The number of ether oxygens (including phenoxy) is 1. The molecule has 0 N–H and O–H groups in total. The van der Waals surface area contributed by atoms with E-state index in [2.05, 4.69) is 0 Å². The predicted molar refractivity (Wildman–Crippen MR) is 68.5 cm³/mol. The molecule has 1 aromatic rings. The Morgan fingerprint density at radius 1 is 1.29 bits per heavy atom. The third-order valence-corrected chi connectivity index (χ3v) is 4.03. The Morgan fingerprint density at radius 3 is 2.65 bits per heavy atom. The molecule has 0 saturated carbocycles. The summed E-state index contributed by atoms with van der Waals surface area (Å²) in [5.74, 6) is 0.705. The molecule has 3 nitrogen and oxygen atoms in total. The van der Waals surface area contributed by atoms with Crippen LogP contribution in [-0.2, 0) is 15.6 Å². The third kappa shape index (κ3) is 2.52. The van der Waals surface area contributed by atoms with Crippen LogP contribution >= 0.6 is 0 Å². The van der Waals surface area contributed by atoms with Gasteiger partial charge in [0.2, 0.25) is 0 Å². The van der Waals surface area contributed by atoms with Gasteiger partial charge in [0, 0.05) is 11.0 Å². The van der Waals surface area contributed by atoms with Crippen LogP contribution in [0.1, 0.15) is 31.9 Å². The van der Waals surface area contributed by atoms with Gasteiger partial charge in [0.05, 0.1) is 11.9 Å². The first-order valence-electron chi connectivity index (χ1n) is 5.59. The highest BCUT2D eigenvalue weighted by atomic mass is 32.2. The van der Waals surface area contributed by atoms with Gasteiger partial charge in [0.25, 0.3) is 0 Å². The van der Waals surface area contributed by atoms with E-state index in [1.54, 1.807) is 0 Å². The molecule has 17 heavy (non-hydrogen) atoms. The molecule has 0 aliphatic carbocycles. The summed E-state index contributed by atoms with van der Waals surface area (Å²) in [6, 6.07) is 5.65. The smallest absolute Gasteiger partial charge is 0.176 e. The van der Waals surface area contributed by atoms with Crippen LogP contribution in [0.15, 0.2) is 23.6 Å². The van der Waals surface area contributed by atoms with Crippen molar-refractivity contribution in [1.82, 2.24) is 0 Å². The molecular formula is C13H16O3S. The first kappa shape index (κ1) is 12.2. The summed E-state index contributed by atoms with van der Waals surface area (Å²) in [5, 5.41) is 1.34. The number of hydrogen-bond acceptors (Lipinski definition) is 3. The van der Waals surface area contributed by atoms with Gasteiger partial charge in [-0.15, -0.1) is 0 Å². The number of allylic oxidation sites excluding steroid dienone is 1. The van der Waals surface area contributed by atoms with Crippen LogP contribution in [-0.4, -0.2) is 14.5 Å². The van der Waals surface area contributed by atoms with Gasteiger partial charge in [0.15, 0.2) is 9.84 Å². The minimum atomic E-state index is -3.15. The molecule has 2 rings (SSSR count). The fourth-order valence-corrected chi connectivity index (χ4v) is 3.47. The van der Waals surface area contributed by atoms with Crippen LogP contribution in [0.3, 0.4) is 0 Å². The van der Waals surface area contributed by atoms with Crippen molar-refractivity contribution in [2.45, 2.75) is 32.6 Å². The molecule has 0 unspecified atom stereocenters. The molecule has 0 spiro atoms. The fraction of sp³-hybridized carbons (Fsp3) is 0.385. The van der Waals surface area contributed by atoms with E-state index in [9.17, 15) is 8.42 Å². The molecule has 1 aromatic carbocycles. The second-order valence-corrected chi connectivity index (χ2v) is 6.41. The Hall–Kier alpha value is -1.29. The molecule has 1 heterocycles. The Balaban J connectivity index is 2.56. The van der Waals surface area contributed by atoms with Crippen molar-refractivity contribution < 1.29 is 13.2 Å². The number of sulfone groups is 1. The summed E-state index contributed by atoms with van der Waals surface area (Å²) < 4.78 is 29.1. The van der Waals surface area contributed by atoms with Crippen LogP contribution in [0.2, 0.25) is 0 Å². The Morgan fingerprint density at radius 2 is 2.00 bits per heavy atom. The lowest BCUT2D eigenvalue weighted by molar-refractivity contribution is 0.240. The fourth-order valence-electron chi connectivity index (χ4n) is 2.02. The topological polar surface area (TPSA) is 43.4 Å². The Labute approximate surface area is 102 Å². The molecule has 0 fully saturated rings. The van der Waals surface area contributed by atoms with Gasteiger partial charge in [-0.3, -0.25) is 0 Å². The minimum absolute atomic E-state index is 0.0303. The average Bonchev–Trinajstić information content (AvgIpc) is 2.17. The molecule has 0 radical (unpaired) electrons. The predicted octanol–water partition coefficient (Wildman–Crippen LogP) is 2.76. The third-order valence-electron chi connectivity index (χ3n) is 2.62. The molecule has 0 amide bonds. The van der Waals surface area contributed by atoms with Crippen molar-refractivity contribution in [2.24, 2.45) is 0 Å². The average molecular weight is 252 g/mol. The molecule has 1 aliphatic heterocycles. The van der Waals surface area contributed by atoms with Crippen LogP contribution in [0.25, 0.3) is 5.57 Å². The van der Waals surface area contributed by atoms with Crippen molar-refractivity contribution >= 4 is 15.4 Å². The van der Waals surface area contributed by atoms with Crippen molar-refractivity contribution in [3.05, 3.63) is 34.7 Å². The zero-order valence-corrected chi connectivity index (χ0v) is 11.0. The number of hydrogen-bond donors (Lipinski definition) is 0. The summed E-state index contributed by atoms with van der Waals surface area (Å²) in [6.07, 6.45) is 0.0374. The van der Waals surface area contributed by atoms with Gasteiger partial charge in [0.1, 0.15) is 5.75 Å². The molecule has 0 atom stereocenters. The standard InChI is InChI=1S/C13H16O3S/c1-9(2)16-13-6-4-5-11-10(3)7-17(14,15)8-12(11)13/h4-7,9H,8H2,1-3H3. The first-order chi connectivity index (χ1) is 7.89. The van der Waals surface area contributed by atoms with E-state index in [1.165, 1.54) is 5.41 Å². The molecule has 92 valence electrons. The number of rotatable bonds is 2. The highest BCUT2D eigenvalue weighted by Crippen LogP contribution is 2.34. The quantitative estimate of drug-likeness (QED) is 0.813. The summed E-state index contributed by atoms with van der Waals surface area (Å²) in [4.78, 5) is 0. The summed E-state index contributed by atoms with van der Waals surface area (Å²) in [5.41, 5.74) is 2.53. The molecular weight excluding hydrogens is 236 g/mol. The maximum atomic E-state index is 11.7. The van der Waals surface area contributed by atoms with Crippen molar-refractivity contribution in [3.8, 4) is 5.75 Å². The van der Waals surface area contributed by atoms with E-state index >= 15 is 0 Å². The summed E-state index contributed by atoms with van der Waals surface area (Å²) in [6.45, 7) is 5.67. The molecule has 4 heteroatoms. The number of benzene rings is 1. The van der Waals surface area contributed by atoms with Crippen molar-refractivity contribution in [2.75, 3.05) is 0 Å². The molecule has 0 saturated heterocycles. The zero-order valence-electron chi connectivity index (χ0n) is 10.2. The number of fused-ring (bicyclic) bond motifs is 1. The van der Waals surface area contributed by atoms with Gasteiger partial charge < -0.3 is 4.74 Å². The second-order valence-electron chi connectivity index (χ2n) is 4.56. The maximum absolute atomic E-state index is 11.7. The monoisotopic (exact) mass is 252 g/mol. The maximum Gasteiger partial charge on any atom is 0.176 e. The van der Waals surface area contributed by atoms with Crippen LogP contribution in [0, 0.1) is 0 Å². The van der Waals surface area contributed by atoms with E-state index < -0.39 is 9.84 Å². The van der Waals surface area contributed by atoms with Crippen LogP contribution < -0.4 is 4.74 Å². The van der Waals surface area contributed by atoms with E-state index in [0.717, 1.165) is 16.7 Å². The lowest BCUT2D eigenvalue weighted by atomic mass is 10.0. The van der Waals surface area contributed by atoms with Crippen LogP contribution in [0.4, 0.5) is 0 Å². The van der Waals surface area contributed by atoms with Gasteiger partial charge >= 0.3 is 0 Å². The molecule has 0 aromatic heterocycles. The molecule has 1 aliphatic rings. The largest absolute Gasteiger partial charge is 0.491 e. The Bertz CT molecular complexity index is 568.